The van der Waals surface area contributed by atoms with Crippen LogP contribution in [0.4, 0.5) is 0 Å². The SMILES string of the molecule is CN1CCC[C@@H]1Cc1c[nH]c2ccc(CCCS(=O)O)cc12. The van der Waals surface area contributed by atoms with E-state index in [2.05, 4.69) is 41.3 Å². The van der Waals surface area contributed by atoms with Crippen molar-refractivity contribution in [3.05, 3.63) is 35.5 Å². The van der Waals surface area contributed by atoms with Crippen LogP contribution in [0.15, 0.2) is 24.4 Å². The molecule has 1 unspecified atom stereocenters. The second-order valence-electron chi connectivity index (χ2n) is 6.30. The fraction of sp³-hybridized carbons (Fsp3) is 0.529. The van der Waals surface area contributed by atoms with Gasteiger partial charge >= 0.3 is 0 Å². The lowest BCUT2D eigenvalue weighted by Gasteiger charge is -2.18. The van der Waals surface area contributed by atoms with Crippen molar-refractivity contribution in [1.29, 1.82) is 0 Å². The van der Waals surface area contributed by atoms with Gasteiger partial charge in [0.1, 0.15) is 0 Å². The second-order valence-corrected chi connectivity index (χ2v) is 7.36. The number of nitrogens with zero attached hydrogens (tertiary/aromatic N) is 1. The van der Waals surface area contributed by atoms with E-state index in [1.54, 1.807) is 0 Å². The highest BCUT2D eigenvalue weighted by Gasteiger charge is 2.22. The van der Waals surface area contributed by atoms with E-state index < -0.39 is 11.1 Å². The Balaban J connectivity index is 1.74. The summed E-state index contributed by atoms with van der Waals surface area (Å²) in [6.45, 7) is 1.20. The zero-order valence-electron chi connectivity index (χ0n) is 13.0. The Morgan fingerprint density at radius 2 is 2.32 bits per heavy atom. The maximum atomic E-state index is 10.7. The minimum atomic E-state index is -1.68. The number of H-pyrrole nitrogens is 1. The van der Waals surface area contributed by atoms with E-state index in [9.17, 15) is 4.21 Å². The molecule has 4 nitrogen and oxygen atoms in total. The molecular weight excluding hydrogens is 296 g/mol. The second kappa shape index (κ2) is 6.94. The summed E-state index contributed by atoms with van der Waals surface area (Å²) in [5.74, 6) is 0.352. The molecule has 1 saturated heterocycles. The van der Waals surface area contributed by atoms with Crippen molar-refractivity contribution < 1.29 is 8.76 Å². The Morgan fingerprint density at radius 1 is 1.45 bits per heavy atom. The van der Waals surface area contributed by atoms with Gasteiger partial charge in [-0.3, -0.25) is 0 Å². The fourth-order valence-electron chi connectivity index (χ4n) is 3.44. The van der Waals surface area contributed by atoms with E-state index in [4.69, 9.17) is 4.55 Å². The lowest BCUT2D eigenvalue weighted by molar-refractivity contribution is 0.310. The maximum absolute atomic E-state index is 10.7. The van der Waals surface area contributed by atoms with Crippen molar-refractivity contribution in [2.24, 2.45) is 0 Å². The first kappa shape index (κ1) is 15.7. The summed E-state index contributed by atoms with van der Waals surface area (Å²) >= 11 is -1.68. The Morgan fingerprint density at radius 3 is 3.05 bits per heavy atom. The molecule has 0 amide bonds. The highest BCUT2D eigenvalue weighted by atomic mass is 32.2. The predicted molar refractivity (Wildman–Crippen MR) is 91.6 cm³/mol. The predicted octanol–water partition coefficient (Wildman–Crippen LogP) is 2.96. The molecule has 0 bridgehead atoms. The summed E-state index contributed by atoms with van der Waals surface area (Å²) in [5, 5.41) is 1.31. The topological polar surface area (TPSA) is 56.3 Å². The number of aryl methyl sites for hydroxylation is 1. The number of rotatable bonds is 6. The zero-order valence-corrected chi connectivity index (χ0v) is 13.9. The number of fused-ring (bicyclic) bond motifs is 1. The first-order valence-electron chi connectivity index (χ1n) is 8.00. The van der Waals surface area contributed by atoms with Crippen LogP contribution in [0.25, 0.3) is 10.9 Å². The molecule has 1 aliphatic heterocycles. The normalized spacial score (nSPS) is 20.7. The summed E-state index contributed by atoms with van der Waals surface area (Å²) in [6, 6.07) is 7.14. The van der Waals surface area contributed by atoms with Crippen LogP contribution in [0.2, 0.25) is 0 Å². The minimum Gasteiger partial charge on any atom is -0.361 e. The van der Waals surface area contributed by atoms with Crippen LogP contribution in [-0.4, -0.2) is 44.0 Å². The van der Waals surface area contributed by atoms with Gasteiger partial charge in [-0.15, -0.1) is 0 Å². The van der Waals surface area contributed by atoms with Gasteiger partial charge in [0.15, 0.2) is 11.1 Å². The third-order valence-electron chi connectivity index (χ3n) is 4.74. The van der Waals surface area contributed by atoms with Crippen molar-refractivity contribution in [1.82, 2.24) is 9.88 Å². The quantitative estimate of drug-likeness (QED) is 0.805. The van der Waals surface area contributed by atoms with Crippen molar-refractivity contribution in [2.75, 3.05) is 19.3 Å². The molecule has 0 radical (unpaired) electrons. The van der Waals surface area contributed by atoms with Crippen LogP contribution in [0.5, 0.6) is 0 Å². The molecule has 5 heteroatoms. The van der Waals surface area contributed by atoms with Gasteiger partial charge in [0.05, 0.1) is 0 Å². The third kappa shape index (κ3) is 3.59. The Hall–Kier alpha value is -1.17. The molecule has 120 valence electrons. The van der Waals surface area contributed by atoms with E-state index in [1.165, 1.54) is 41.4 Å². The summed E-state index contributed by atoms with van der Waals surface area (Å²) in [5.41, 5.74) is 3.82. The third-order valence-corrected chi connectivity index (χ3v) is 5.38. The van der Waals surface area contributed by atoms with Crippen LogP contribution in [0, 0.1) is 0 Å². The number of hydrogen-bond acceptors (Lipinski definition) is 2. The summed E-state index contributed by atoms with van der Waals surface area (Å²) in [4.78, 5) is 5.83. The largest absolute Gasteiger partial charge is 0.361 e. The number of likely N-dealkylation sites (tertiary alicyclic amines) is 1. The molecule has 1 fully saturated rings. The van der Waals surface area contributed by atoms with Gasteiger partial charge in [0.25, 0.3) is 0 Å². The summed E-state index contributed by atoms with van der Waals surface area (Å²) in [6.07, 6.45) is 7.43. The number of aromatic nitrogens is 1. The number of hydrogen-bond donors (Lipinski definition) is 2. The van der Waals surface area contributed by atoms with Gasteiger partial charge in [-0.1, -0.05) is 6.07 Å². The first-order valence-corrected chi connectivity index (χ1v) is 9.27. The standard InChI is InChI=1S/C17H24N2O2S/c1-19-8-2-5-15(19)11-14-12-18-17-7-6-13(10-16(14)17)4-3-9-22(20)21/h6-7,10,12,15,18H,2-5,8-9,11H2,1H3,(H,20,21)/t15-/m1/s1. The highest BCUT2D eigenvalue weighted by molar-refractivity contribution is 7.79. The molecule has 22 heavy (non-hydrogen) atoms. The lowest BCUT2D eigenvalue weighted by Crippen LogP contribution is -2.26. The lowest BCUT2D eigenvalue weighted by atomic mass is 10.0. The van der Waals surface area contributed by atoms with E-state index in [0.717, 1.165) is 19.3 Å². The van der Waals surface area contributed by atoms with Crippen LogP contribution in [0.3, 0.4) is 0 Å². The maximum Gasteiger partial charge on any atom is 0.152 e. The molecule has 2 atom stereocenters. The van der Waals surface area contributed by atoms with Crippen molar-refractivity contribution >= 4 is 22.0 Å². The molecule has 0 aliphatic carbocycles. The monoisotopic (exact) mass is 320 g/mol. The first-order chi connectivity index (χ1) is 10.6. The fourth-order valence-corrected chi connectivity index (χ4v) is 3.83. The summed E-state index contributed by atoms with van der Waals surface area (Å²) in [7, 11) is 2.22. The van der Waals surface area contributed by atoms with Gasteiger partial charge in [-0.25, -0.2) is 4.21 Å². The van der Waals surface area contributed by atoms with Gasteiger partial charge in [-0.05, 0) is 69.0 Å². The van der Waals surface area contributed by atoms with Crippen LogP contribution in [0.1, 0.15) is 30.4 Å². The van der Waals surface area contributed by atoms with Gasteiger partial charge < -0.3 is 14.4 Å². The Kier molecular flexibility index (Phi) is 4.96. The van der Waals surface area contributed by atoms with E-state index >= 15 is 0 Å². The molecule has 0 spiro atoms. The van der Waals surface area contributed by atoms with Crippen molar-refractivity contribution in [2.45, 2.75) is 38.1 Å². The van der Waals surface area contributed by atoms with Crippen LogP contribution < -0.4 is 0 Å². The van der Waals surface area contributed by atoms with Crippen molar-refractivity contribution in [3.63, 3.8) is 0 Å². The van der Waals surface area contributed by atoms with Gasteiger partial charge in [0, 0.05) is 28.9 Å². The Labute approximate surface area is 134 Å². The van der Waals surface area contributed by atoms with E-state index in [0.29, 0.717) is 11.8 Å². The number of nitrogens with one attached hydrogen (secondary N) is 1. The highest BCUT2D eigenvalue weighted by Crippen LogP contribution is 2.25. The van der Waals surface area contributed by atoms with Gasteiger partial charge in [0.2, 0.25) is 0 Å². The molecule has 0 saturated carbocycles. The zero-order chi connectivity index (χ0) is 15.5. The molecule has 2 N–H and O–H groups in total. The molecule has 3 rings (SSSR count). The number of aromatic amines is 1. The van der Waals surface area contributed by atoms with Gasteiger partial charge in [-0.2, -0.15) is 0 Å². The molecule has 2 heterocycles. The molecular formula is C17H24N2O2S. The smallest absolute Gasteiger partial charge is 0.152 e. The Bertz CT molecular complexity index is 668. The molecule has 1 aliphatic rings. The van der Waals surface area contributed by atoms with Crippen LogP contribution in [-0.2, 0) is 23.9 Å². The number of benzene rings is 1. The minimum absolute atomic E-state index is 0.352. The molecule has 2 aromatic rings. The van der Waals surface area contributed by atoms with E-state index in [1.807, 2.05) is 0 Å². The molecule has 1 aromatic heterocycles. The van der Waals surface area contributed by atoms with Crippen molar-refractivity contribution in [3.8, 4) is 0 Å². The molecule has 1 aromatic carbocycles. The average Bonchev–Trinajstić information content (AvgIpc) is 3.06. The number of likely N-dealkylation sites (N-methyl/N-ethyl adjacent to an activating group) is 1. The van der Waals surface area contributed by atoms with E-state index in [-0.39, 0.29) is 0 Å². The average molecular weight is 320 g/mol. The van der Waals surface area contributed by atoms with Crippen LogP contribution >= 0.6 is 0 Å². The summed E-state index contributed by atoms with van der Waals surface area (Å²) < 4.78 is 19.6.